The van der Waals surface area contributed by atoms with E-state index in [4.69, 9.17) is 9.47 Å². The maximum Gasteiger partial charge on any atom is 0.331 e. The fourth-order valence-electron chi connectivity index (χ4n) is 1.80. The molecule has 0 atom stereocenters. The molecule has 0 aliphatic heterocycles. The van der Waals surface area contributed by atoms with Gasteiger partial charge in [0, 0.05) is 6.08 Å². The van der Waals surface area contributed by atoms with Crippen molar-refractivity contribution in [3.05, 3.63) is 35.9 Å². The monoisotopic (exact) mass is 262 g/mol. The number of rotatable bonds is 6. The molecule has 3 nitrogen and oxygen atoms in total. The molecule has 1 aromatic carbocycles. The second-order valence-electron chi connectivity index (χ2n) is 4.46. The number of carbonyl (C=O) groups excluding carboxylic acids is 1. The molecule has 1 aromatic rings. The van der Waals surface area contributed by atoms with Crippen molar-refractivity contribution in [3.8, 4) is 5.75 Å². The summed E-state index contributed by atoms with van der Waals surface area (Å²) in [4.78, 5) is 11.6. The van der Waals surface area contributed by atoms with Gasteiger partial charge in [-0.15, -0.1) is 0 Å². The van der Waals surface area contributed by atoms with Crippen LogP contribution >= 0.6 is 0 Å². The number of benzene rings is 1. The van der Waals surface area contributed by atoms with Crippen molar-refractivity contribution in [3.63, 3.8) is 0 Å². The van der Waals surface area contributed by atoms with E-state index in [1.165, 1.54) is 0 Å². The lowest BCUT2D eigenvalue weighted by Gasteiger charge is -2.12. The lowest BCUT2D eigenvalue weighted by Crippen LogP contribution is -2.04. The first kappa shape index (κ1) is 15.3. The van der Waals surface area contributed by atoms with Crippen molar-refractivity contribution in [1.82, 2.24) is 0 Å². The van der Waals surface area contributed by atoms with Crippen LogP contribution in [0.5, 0.6) is 5.75 Å². The summed E-state index contributed by atoms with van der Waals surface area (Å²) in [7, 11) is 0. The van der Waals surface area contributed by atoms with E-state index < -0.39 is 0 Å². The predicted molar refractivity (Wildman–Crippen MR) is 77.1 cm³/mol. The second-order valence-corrected chi connectivity index (χ2v) is 4.46. The zero-order valence-corrected chi connectivity index (χ0v) is 12.1. The van der Waals surface area contributed by atoms with Crippen molar-refractivity contribution in [1.29, 1.82) is 0 Å². The van der Waals surface area contributed by atoms with Gasteiger partial charge in [0.25, 0.3) is 0 Å². The maximum absolute atomic E-state index is 11.6. The molecular weight excluding hydrogens is 240 g/mol. The van der Waals surface area contributed by atoms with Gasteiger partial charge < -0.3 is 9.47 Å². The molecule has 3 heteroatoms. The number of carbonyl (C=O) groups is 1. The smallest absolute Gasteiger partial charge is 0.331 e. The van der Waals surface area contributed by atoms with Gasteiger partial charge in [0.05, 0.1) is 13.2 Å². The van der Waals surface area contributed by atoms with Crippen LogP contribution in [0.25, 0.3) is 5.57 Å². The Morgan fingerprint density at radius 3 is 2.26 bits per heavy atom. The summed E-state index contributed by atoms with van der Waals surface area (Å²) in [5.41, 5.74) is 1.99. The molecule has 0 fully saturated rings. The van der Waals surface area contributed by atoms with E-state index in [0.29, 0.717) is 13.2 Å². The summed E-state index contributed by atoms with van der Waals surface area (Å²) in [5, 5.41) is 0. The summed E-state index contributed by atoms with van der Waals surface area (Å²) in [5.74, 6) is 0.799. The van der Waals surface area contributed by atoms with Crippen LogP contribution in [-0.2, 0) is 9.53 Å². The highest BCUT2D eigenvalue weighted by Crippen LogP contribution is 2.25. The molecule has 0 amide bonds. The summed E-state index contributed by atoms with van der Waals surface area (Å²) in [6.45, 7) is 8.91. The summed E-state index contributed by atoms with van der Waals surface area (Å²) < 4.78 is 10.4. The number of hydrogen-bond donors (Lipinski definition) is 0. The summed E-state index contributed by atoms with van der Waals surface area (Å²) in [6.07, 6.45) is 1.57. The van der Waals surface area contributed by atoms with Crippen LogP contribution in [0, 0.1) is 5.92 Å². The molecule has 19 heavy (non-hydrogen) atoms. The first-order chi connectivity index (χ1) is 9.08. The lowest BCUT2D eigenvalue weighted by molar-refractivity contribution is -0.137. The molecule has 0 aliphatic carbocycles. The molecule has 0 radical (unpaired) electrons. The highest BCUT2D eigenvalue weighted by Gasteiger charge is 2.09. The Balaban J connectivity index is 2.96. The van der Waals surface area contributed by atoms with E-state index in [9.17, 15) is 4.79 Å². The van der Waals surface area contributed by atoms with Crippen LogP contribution in [-0.4, -0.2) is 19.2 Å². The SMILES string of the molecule is CCOC(=O)C=C(c1ccc(OCC)cc1)C(C)C. The molecule has 0 spiro atoms. The average Bonchev–Trinajstić information content (AvgIpc) is 2.37. The number of esters is 1. The quantitative estimate of drug-likeness (QED) is 0.579. The van der Waals surface area contributed by atoms with Crippen LogP contribution in [0.4, 0.5) is 0 Å². The lowest BCUT2D eigenvalue weighted by atomic mass is 9.95. The first-order valence-electron chi connectivity index (χ1n) is 6.70. The van der Waals surface area contributed by atoms with E-state index in [1.807, 2.05) is 31.2 Å². The van der Waals surface area contributed by atoms with E-state index in [1.54, 1.807) is 13.0 Å². The predicted octanol–water partition coefficient (Wildman–Crippen LogP) is 3.69. The fourth-order valence-corrected chi connectivity index (χ4v) is 1.80. The number of ether oxygens (including phenoxy) is 2. The Bertz CT molecular complexity index is 430. The van der Waals surface area contributed by atoms with E-state index in [0.717, 1.165) is 16.9 Å². The average molecular weight is 262 g/mol. The van der Waals surface area contributed by atoms with Gasteiger partial charge in [-0.25, -0.2) is 4.79 Å². The molecule has 1 rings (SSSR count). The standard InChI is InChI=1S/C16H22O3/c1-5-18-14-9-7-13(8-10-14)15(12(3)4)11-16(17)19-6-2/h7-12H,5-6H2,1-4H3. The van der Waals surface area contributed by atoms with Gasteiger partial charge in [-0.1, -0.05) is 26.0 Å². The molecule has 0 aromatic heterocycles. The van der Waals surface area contributed by atoms with Crippen LogP contribution in [0.15, 0.2) is 30.3 Å². The molecule has 0 bridgehead atoms. The largest absolute Gasteiger partial charge is 0.494 e. The third-order valence-corrected chi connectivity index (χ3v) is 2.68. The first-order valence-corrected chi connectivity index (χ1v) is 6.70. The topological polar surface area (TPSA) is 35.5 Å². The number of hydrogen-bond acceptors (Lipinski definition) is 3. The minimum Gasteiger partial charge on any atom is -0.494 e. The zero-order valence-electron chi connectivity index (χ0n) is 12.1. The third kappa shape index (κ3) is 4.78. The van der Waals surface area contributed by atoms with Crippen molar-refractivity contribution >= 4 is 11.5 Å². The number of allylic oxidation sites excluding steroid dienone is 1. The molecule has 0 saturated heterocycles. The Hall–Kier alpha value is -1.77. The molecule has 0 aliphatic rings. The van der Waals surface area contributed by atoms with Crippen LogP contribution in [0.1, 0.15) is 33.3 Å². The van der Waals surface area contributed by atoms with Gasteiger partial charge in [0.15, 0.2) is 0 Å². The Kier molecular flexibility index (Phi) is 6.13. The fraction of sp³-hybridized carbons (Fsp3) is 0.438. The normalized spacial score (nSPS) is 11.5. The molecular formula is C16H22O3. The highest BCUT2D eigenvalue weighted by molar-refractivity contribution is 5.91. The molecule has 0 heterocycles. The summed E-state index contributed by atoms with van der Waals surface area (Å²) >= 11 is 0. The van der Waals surface area contributed by atoms with Gasteiger partial charge in [-0.05, 0) is 43.0 Å². The van der Waals surface area contributed by atoms with Gasteiger partial charge in [-0.2, -0.15) is 0 Å². The van der Waals surface area contributed by atoms with E-state index in [-0.39, 0.29) is 11.9 Å². The van der Waals surface area contributed by atoms with Gasteiger partial charge in [0.2, 0.25) is 0 Å². The van der Waals surface area contributed by atoms with Gasteiger partial charge in [0.1, 0.15) is 5.75 Å². The summed E-state index contributed by atoms with van der Waals surface area (Å²) in [6, 6.07) is 7.77. The van der Waals surface area contributed by atoms with Crippen LogP contribution in [0.3, 0.4) is 0 Å². The van der Waals surface area contributed by atoms with Crippen LogP contribution in [0.2, 0.25) is 0 Å². The van der Waals surface area contributed by atoms with Crippen molar-refractivity contribution < 1.29 is 14.3 Å². The minimum atomic E-state index is -0.292. The second kappa shape index (κ2) is 7.62. The Labute approximate surface area is 115 Å². The van der Waals surface area contributed by atoms with E-state index >= 15 is 0 Å². The maximum atomic E-state index is 11.6. The van der Waals surface area contributed by atoms with Gasteiger partial charge in [-0.3, -0.25) is 0 Å². The molecule has 104 valence electrons. The third-order valence-electron chi connectivity index (χ3n) is 2.68. The molecule has 0 N–H and O–H groups in total. The highest BCUT2D eigenvalue weighted by atomic mass is 16.5. The van der Waals surface area contributed by atoms with Crippen molar-refractivity contribution in [2.45, 2.75) is 27.7 Å². The van der Waals surface area contributed by atoms with Crippen LogP contribution < -0.4 is 4.74 Å². The van der Waals surface area contributed by atoms with Crippen molar-refractivity contribution in [2.75, 3.05) is 13.2 Å². The van der Waals surface area contributed by atoms with Gasteiger partial charge >= 0.3 is 5.97 Å². The Morgan fingerprint density at radius 1 is 1.16 bits per heavy atom. The zero-order chi connectivity index (χ0) is 14.3. The molecule has 0 saturated carbocycles. The molecule has 0 unspecified atom stereocenters. The van der Waals surface area contributed by atoms with Crippen molar-refractivity contribution in [2.24, 2.45) is 5.92 Å². The van der Waals surface area contributed by atoms with E-state index in [2.05, 4.69) is 13.8 Å². The minimum absolute atomic E-state index is 0.252. The Morgan fingerprint density at radius 2 is 1.79 bits per heavy atom.